The molecular formula is C18H35IN4O2. The molecule has 0 atom stereocenters. The van der Waals surface area contributed by atoms with Crippen molar-refractivity contribution in [1.29, 1.82) is 0 Å². The monoisotopic (exact) mass is 466 g/mol. The topological polar surface area (TPSA) is 57.2 Å². The second-order valence-electron chi connectivity index (χ2n) is 6.94. The van der Waals surface area contributed by atoms with Crippen molar-refractivity contribution in [1.82, 2.24) is 15.1 Å². The number of rotatable bonds is 6. The quantitative estimate of drug-likeness (QED) is 0.282. The number of ether oxygens (including phenoxy) is 1. The molecule has 2 fully saturated rings. The summed E-state index contributed by atoms with van der Waals surface area (Å²) in [6, 6.07) is 0.749. The molecule has 1 aliphatic heterocycles. The number of likely N-dealkylation sites (tertiary alicyclic amines) is 1. The highest BCUT2D eigenvalue weighted by Gasteiger charge is 2.27. The van der Waals surface area contributed by atoms with Gasteiger partial charge in [-0.15, -0.1) is 24.0 Å². The Balaban J connectivity index is 0.00000312. The number of nitrogens with one attached hydrogen (secondary N) is 1. The van der Waals surface area contributed by atoms with Gasteiger partial charge in [-0.05, 0) is 39.7 Å². The van der Waals surface area contributed by atoms with E-state index in [1.165, 1.54) is 32.8 Å². The second kappa shape index (κ2) is 11.9. The van der Waals surface area contributed by atoms with E-state index in [1.807, 2.05) is 0 Å². The summed E-state index contributed by atoms with van der Waals surface area (Å²) >= 11 is 0. The number of guanidine groups is 1. The van der Waals surface area contributed by atoms with Crippen molar-refractivity contribution in [3.8, 4) is 0 Å². The summed E-state index contributed by atoms with van der Waals surface area (Å²) in [7, 11) is 3.70. The number of carbonyl (C=O) groups is 1. The fourth-order valence-corrected chi connectivity index (χ4v) is 3.76. The predicted octanol–water partition coefficient (Wildman–Crippen LogP) is 2.33. The van der Waals surface area contributed by atoms with E-state index >= 15 is 0 Å². The lowest BCUT2D eigenvalue weighted by atomic mass is 9.97. The molecular weight excluding hydrogens is 431 g/mol. The van der Waals surface area contributed by atoms with Gasteiger partial charge in [0.25, 0.3) is 0 Å². The van der Waals surface area contributed by atoms with E-state index in [2.05, 4.69) is 29.1 Å². The first-order valence-corrected chi connectivity index (χ1v) is 9.47. The summed E-state index contributed by atoms with van der Waals surface area (Å²) in [5.41, 5.74) is 0. The van der Waals surface area contributed by atoms with E-state index in [-0.39, 0.29) is 35.9 Å². The molecule has 0 amide bonds. The van der Waals surface area contributed by atoms with Crippen molar-refractivity contribution < 1.29 is 9.53 Å². The average molecular weight is 466 g/mol. The molecule has 6 nitrogen and oxygen atoms in total. The van der Waals surface area contributed by atoms with Crippen LogP contribution in [0, 0.1) is 5.92 Å². The number of methoxy groups -OCH3 is 1. The lowest BCUT2D eigenvalue weighted by Gasteiger charge is -2.33. The SMILES string of the molecule is CCNC(=NCCN(C)C1CCCC1)N1CCC(C(=O)OC)CC1.I. The number of aliphatic imine (C=N–C) groups is 1. The minimum Gasteiger partial charge on any atom is -0.469 e. The summed E-state index contributed by atoms with van der Waals surface area (Å²) < 4.78 is 4.86. The normalized spacial score (nSPS) is 19.8. The summed E-state index contributed by atoms with van der Waals surface area (Å²) in [4.78, 5) is 21.2. The molecule has 25 heavy (non-hydrogen) atoms. The van der Waals surface area contributed by atoms with Crippen LogP contribution in [-0.4, -0.2) is 74.7 Å². The first kappa shape index (κ1) is 22.5. The Hall–Kier alpha value is -0.570. The van der Waals surface area contributed by atoms with E-state index in [1.54, 1.807) is 0 Å². The van der Waals surface area contributed by atoms with Gasteiger partial charge in [0, 0.05) is 32.2 Å². The lowest BCUT2D eigenvalue weighted by Crippen LogP contribution is -2.47. The predicted molar refractivity (Wildman–Crippen MR) is 113 cm³/mol. The van der Waals surface area contributed by atoms with E-state index < -0.39 is 0 Å². The van der Waals surface area contributed by atoms with Crippen LogP contribution in [-0.2, 0) is 9.53 Å². The largest absolute Gasteiger partial charge is 0.469 e. The smallest absolute Gasteiger partial charge is 0.308 e. The van der Waals surface area contributed by atoms with Crippen molar-refractivity contribution in [2.75, 3.05) is 46.9 Å². The third-order valence-electron chi connectivity index (χ3n) is 5.33. The highest BCUT2D eigenvalue weighted by molar-refractivity contribution is 14.0. The van der Waals surface area contributed by atoms with Crippen LogP contribution >= 0.6 is 24.0 Å². The van der Waals surface area contributed by atoms with Gasteiger partial charge in [-0.25, -0.2) is 0 Å². The Morgan fingerprint density at radius 2 is 1.88 bits per heavy atom. The zero-order valence-electron chi connectivity index (χ0n) is 16.0. The molecule has 146 valence electrons. The van der Waals surface area contributed by atoms with Gasteiger partial charge in [0.2, 0.25) is 0 Å². The second-order valence-corrected chi connectivity index (χ2v) is 6.94. The third kappa shape index (κ3) is 6.92. The van der Waals surface area contributed by atoms with Gasteiger partial charge in [0.05, 0.1) is 19.6 Å². The fourth-order valence-electron chi connectivity index (χ4n) is 3.76. The Labute approximate surface area is 169 Å². The van der Waals surface area contributed by atoms with Crippen molar-refractivity contribution >= 4 is 35.9 Å². The van der Waals surface area contributed by atoms with Crippen LogP contribution < -0.4 is 5.32 Å². The molecule has 0 unspecified atom stereocenters. The Bertz CT molecular complexity index is 419. The van der Waals surface area contributed by atoms with Gasteiger partial charge in [0.15, 0.2) is 5.96 Å². The summed E-state index contributed by atoms with van der Waals surface area (Å²) in [6.45, 7) is 6.54. The standard InChI is InChI=1S/C18H34N4O2.HI/c1-4-19-18(20-11-14-21(2)16-7-5-6-8-16)22-12-9-15(10-13-22)17(23)24-3;/h15-16H,4-14H2,1-3H3,(H,19,20);1H. The van der Waals surface area contributed by atoms with Gasteiger partial charge >= 0.3 is 5.97 Å². The minimum atomic E-state index is -0.0743. The van der Waals surface area contributed by atoms with Crippen LogP contribution in [0.2, 0.25) is 0 Å². The van der Waals surface area contributed by atoms with Crippen molar-refractivity contribution in [2.45, 2.75) is 51.5 Å². The molecule has 7 heteroatoms. The summed E-state index contributed by atoms with van der Waals surface area (Å²) in [5, 5.41) is 3.39. The van der Waals surface area contributed by atoms with Crippen LogP contribution in [0.4, 0.5) is 0 Å². The highest BCUT2D eigenvalue weighted by atomic mass is 127. The maximum atomic E-state index is 11.6. The molecule has 0 spiro atoms. The fraction of sp³-hybridized carbons (Fsp3) is 0.889. The zero-order valence-corrected chi connectivity index (χ0v) is 18.3. The summed E-state index contributed by atoms with van der Waals surface area (Å²) in [6.07, 6.45) is 7.10. The Morgan fingerprint density at radius 1 is 1.24 bits per heavy atom. The number of halogens is 1. The molecule has 1 aliphatic carbocycles. The molecule has 2 aliphatic rings. The van der Waals surface area contributed by atoms with Crippen LogP contribution in [0.3, 0.4) is 0 Å². The number of hydrogen-bond acceptors (Lipinski definition) is 4. The molecule has 1 N–H and O–H groups in total. The zero-order chi connectivity index (χ0) is 17.4. The van der Waals surface area contributed by atoms with Crippen LogP contribution in [0.1, 0.15) is 45.4 Å². The molecule has 0 radical (unpaired) electrons. The molecule has 0 bridgehead atoms. The van der Waals surface area contributed by atoms with Gasteiger partial charge < -0.3 is 19.9 Å². The van der Waals surface area contributed by atoms with E-state index in [0.717, 1.165) is 57.6 Å². The van der Waals surface area contributed by atoms with E-state index in [9.17, 15) is 4.79 Å². The van der Waals surface area contributed by atoms with Crippen molar-refractivity contribution in [3.63, 3.8) is 0 Å². The Kier molecular flexibility index (Phi) is 10.7. The summed E-state index contributed by atoms with van der Waals surface area (Å²) in [5.74, 6) is 0.957. The molecule has 0 aromatic rings. The van der Waals surface area contributed by atoms with Crippen LogP contribution in [0.5, 0.6) is 0 Å². The molecule has 1 heterocycles. The number of hydrogen-bond donors (Lipinski definition) is 1. The van der Waals surface area contributed by atoms with Crippen LogP contribution in [0.15, 0.2) is 4.99 Å². The van der Waals surface area contributed by atoms with Gasteiger partial charge in [-0.3, -0.25) is 9.79 Å². The number of esters is 1. The molecule has 0 aromatic carbocycles. The molecule has 1 saturated carbocycles. The van der Waals surface area contributed by atoms with Crippen molar-refractivity contribution in [2.24, 2.45) is 10.9 Å². The van der Waals surface area contributed by atoms with E-state index in [0.29, 0.717) is 0 Å². The van der Waals surface area contributed by atoms with Crippen molar-refractivity contribution in [3.05, 3.63) is 0 Å². The number of nitrogens with zero attached hydrogens (tertiary/aromatic N) is 3. The first-order valence-electron chi connectivity index (χ1n) is 9.47. The lowest BCUT2D eigenvalue weighted by molar-refractivity contribution is -0.146. The maximum Gasteiger partial charge on any atom is 0.308 e. The Morgan fingerprint density at radius 3 is 2.44 bits per heavy atom. The van der Waals surface area contributed by atoms with Crippen LogP contribution in [0.25, 0.3) is 0 Å². The molecule has 2 rings (SSSR count). The third-order valence-corrected chi connectivity index (χ3v) is 5.33. The molecule has 1 saturated heterocycles. The number of piperidine rings is 1. The van der Waals surface area contributed by atoms with Gasteiger partial charge in [-0.1, -0.05) is 12.8 Å². The first-order chi connectivity index (χ1) is 11.7. The minimum absolute atomic E-state index is 0. The maximum absolute atomic E-state index is 11.6. The average Bonchev–Trinajstić information content (AvgIpc) is 3.15. The van der Waals surface area contributed by atoms with Gasteiger partial charge in [-0.2, -0.15) is 0 Å². The van der Waals surface area contributed by atoms with E-state index in [4.69, 9.17) is 9.73 Å². The number of likely N-dealkylation sites (N-methyl/N-ethyl adjacent to an activating group) is 1. The van der Waals surface area contributed by atoms with Gasteiger partial charge in [0.1, 0.15) is 0 Å². The number of carbonyl (C=O) groups excluding carboxylic acids is 1. The highest BCUT2D eigenvalue weighted by Crippen LogP contribution is 2.22. The molecule has 0 aromatic heterocycles.